The Labute approximate surface area is 145 Å². The first-order valence-corrected chi connectivity index (χ1v) is 8.13. The molecule has 0 atom stereocenters. The highest BCUT2D eigenvalue weighted by Gasteiger charge is 2.07. The molecule has 0 aliphatic heterocycles. The van der Waals surface area contributed by atoms with Gasteiger partial charge >= 0.3 is 0 Å². The molecule has 6 heteroatoms. The second kappa shape index (κ2) is 6.05. The van der Waals surface area contributed by atoms with Gasteiger partial charge in [0.2, 0.25) is 5.89 Å². The molecule has 0 spiro atoms. The monoisotopic (exact) mass is 381 g/mol. The van der Waals surface area contributed by atoms with Crippen LogP contribution in [0.3, 0.4) is 0 Å². The fourth-order valence-electron chi connectivity index (χ4n) is 2.61. The number of benzene rings is 2. The van der Waals surface area contributed by atoms with E-state index in [1.807, 2.05) is 36.4 Å². The third-order valence-corrected chi connectivity index (χ3v) is 4.24. The highest BCUT2D eigenvalue weighted by atomic mass is 79.9. The summed E-state index contributed by atoms with van der Waals surface area (Å²) >= 11 is 3.40. The molecule has 4 aromatic rings. The first-order valence-electron chi connectivity index (χ1n) is 7.34. The van der Waals surface area contributed by atoms with Crippen molar-refractivity contribution in [2.24, 2.45) is 0 Å². The summed E-state index contributed by atoms with van der Waals surface area (Å²) in [6, 6.07) is 13.3. The molecule has 118 valence electrons. The smallest absolute Gasteiger partial charge is 0.261 e. The van der Waals surface area contributed by atoms with Crippen molar-refractivity contribution in [1.82, 2.24) is 14.5 Å². The summed E-state index contributed by atoms with van der Waals surface area (Å²) in [5.74, 6) is 0.560. The minimum absolute atomic E-state index is 0.0668. The normalized spacial score (nSPS) is 11.0. The summed E-state index contributed by atoms with van der Waals surface area (Å²) in [6.07, 6.45) is 4.73. The summed E-state index contributed by atoms with van der Waals surface area (Å²) in [5, 5.41) is 0.593. The molecule has 0 saturated carbocycles. The van der Waals surface area contributed by atoms with E-state index in [-0.39, 0.29) is 5.56 Å². The fraction of sp³-hybridized carbons (Fsp3) is 0.0556. The number of oxazole rings is 1. The van der Waals surface area contributed by atoms with Crippen molar-refractivity contribution in [3.8, 4) is 11.5 Å². The van der Waals surface area contributed by atoms with Crippen molar-refractivity contribution in [3.05, 3.63) is 81.6 Å². The standard InChI is InChI=1S/C18H12BrN3O2/c19-14-4-5-16-15(9-14)18(23)22(11-21-16)10-12-2-1-3-13(8-12)17-20-6-7-24-17/h1-9,11H,10H2. The molecule has 0 unspecified atom stereocenters. The van der Waals surface area contributed by atoms with Crippen molar-refractivity contribution in [1.29, 1.82) is 0 Å². The van der Waals surface area contributed by atoms with Crippen LogP contribution in [0.15, 0.2) is 74.9 Å². The molecular formula is C18H12BrN3O2. The van der Waals surface area contributed by atoms with Crippen LogP contribution in [0.5, 0.6) is 0 Å². The molecule has 0 amide bonds. The minimum atomic E-state index is -0.0668. The molecule has 5 nitrogen and oxygen atoms in total. The molecule has 24 heavy (non-hydrogen) atoms. The lowest BCUT2D eigenvalue weighted by Crippen LogP contribution is -2.21. The van der Waals surface area contributed by atoms with E-state index >= 15 is 0 Å². The fourth-order valence-corrected chi connectivity index (χ4v) is 2.97. The van der Waals surface area contributed by atoms with Crippen LogP contribution in [-0.2, 0) is 6.54 Å². The number of rotatable bonds is 3. The van der Waals surface area contributed by atoms with E-state index in [0.717, 1.165) is 15.6 Å². The average molecular weight is 382 g/mol. The second-order valence-corrected chi connectivity index (χ2v) is 6.29. The van der Waals surface area contributed by atoms with E-state index in [1.54, 1.807) is 23.2 Å². The Balaban J connectivity index is 1.73. The highest BCUT2D eigenvalue weighted by molar-refractivity contribution is 9.10. The van der Waals surface area contributed by atoms with E-state index in [4.69, 9.17) is 4.42 Å². The quantitative estimate of drug-likeness (QED) is 0.540. The molecule has 0 radical (unpaired) electrons. The molecule has 2 aromatic heterocycles. The minimum Gasteiger partial charge on any atom is -0.445 e. The van der Waals surface area contributed by atoms with Crippen LogP contribution in [0.4, 0.5) is 0 Å². The van der Waals surface area contributed by atoms with E-state index < -0.39 is 0 Å². The first kappa shape index (κ1) is 14.8. The molecular weight excluding hydrogens is 370 g/mol. The topological polar surface area (TPSA) is 60.9 Å². The summed E-state index contributed by atoms with van der Waals surface area (Å²) in [4.78, 5) is 21.2. The van der Waals surface area contributed by atoms with Gasteiger partial charge in [0.05, 0.1) is 30.0 Å². The van der Waals surface area contributed by atoms with Gasteiger partial charge in [-0.2, -0.15) is 0 Å². The number of aromatic nitrogens is 3. The van der Waals surface area contributed by atoms with Gasteiger partial charge in [-0.15, -0.1) is 0 Å². The van der Waals surface area contributed by atoms with Crippen LogP contribution in [0.25, 0.3) is 22.4 Å². The zero-order valence-corrected chi connectivity index (χ0v) is 14.1. The Morgan fingerprint density at radius 1 is 1.12 bits per heavy atom. The lowest BCUT2D eigenvalue weighted by Gasteiger charge is -2.08. The van der Waals surface area contributed by atoms with Gasteiger partial charge in [-0.25, -0.2) is 9.97 Å². The maximum atomic E-state index is 12.7. The van der Waals surface area contributed by atoms with Gasteiger partial charge in [-0.05, 0) is 35.9 Å². The van der Waals surface area contributed by atoms with Crippen LogP contribution < -0.4 is 5.56 Å². The highest BCUT2D eigenvalue weighted by Crippen LogP contribution is 2.19. The molecule has 4 rings (SSSR count). The Morgan fingerprint density at radius 2 is 2.04 bits per heavy atom. The average Bonchev–Trinajstić information content (AvgIpc) is 3.13. The maximum absolute atomic E-state index is 12.7. The van der Waals surface area contributed by atoms with Crippen molar-refractivity contribution >= 4 is 26.8 Å². The molecule has 2 heterocycles. The van der Waals surface area contributed by atoms with Gasteiger partial charge < -0.3 is 4.42 Å². The van der Waals surface area contributed by atoms with Crippen LogP contribution in [0.1, 0.15) is 5.56 Å². The van der Waals surface area contributed by atoms with Crippen LogP contribution in [0.2, 0.25) is 0 Å². The Kier molecular flexibility index (Phi) is 3.74. The van der Waals surface area contributed by atoms with Crippen LogP contribution in [0, 0.1) is 0 Å². The summed E-state index contributed by atoms with van der Waals surface area (Å²) in [7, 11) is 0. The van der Waals surface area contributed by atoms with Gasteiger partial charge in [0, 0.05) is 10.0 Å². The number of fused-ring (bicyclic) bond motifs is 1. The third kappa shape index (κ3) is 2.76. The van der Waals surface area contributed by atoms with Crippen molar-refractivity contribution in [2.75, 3.05) is 0 Å². The van der Waals surface area contributed by atoms with E-state index in [0.29, 0.717) is 23.3 Å². The zero-order valence-electron chi connectivity index (χ0n) is 12.5. The summed E-state index contributed by atoms with van der Waals surface area (Å²) in [6.45, 7) is 0.433. The van der Waals surface area contributed by atoms with Gasteiger partial charge in [0.25, 0.3) is 5.56 Å². The molecule has 0 bridgehead atoms. The number of nitrogens with zero attached hydrogens (tertiary/aromatic N) is 3. The molecule has 0 N–H and O–H groups in total. The van der Waals surface area contributed by atoms with E-state index in [9.17, 15) is 4.79 Å². The SMILES string of the molecule is O=c1c2cc(Br)ccc2ncn1Cc1cccc(-c2ncco2)c1. The largest absolute Gasteiger partial charge is 0.445 e. The predicted octanol–water partition coefficient (Wildman–Crippen LogP) is 3.86. The van der Waals surface area contributed by atoms with Crippen molar-refractivity contribution < 1.29 is 4.42 Å². The van der Waals surface area contributed by atoms with Crippen molar-refractivity contribution in [3.63, 3.8) is 0 Å². The summed E-state index contributed by atoms with van der Waals surface area (Å²) < 4.78 is 7.78. The molecule has 0 saturated heterocycles. The van der Waals surface area contributed by atoms with Gasteiger partial charge in [0.15, 0.2) is 0 Å². The molecule has 0 fully saturated rings. The number of hydrogen-bond donors (Lipinski definition) is 0. The zero-order chi connectivity index (χ0) is 16.5. The lowest BCUT2D eigenvalue weighted by molar-refractivity contribution is 0.574. The number of halogens is 1. The molecule has 2 aromatic carbocycles. The molecule has 0 aliphatic carbocycles. The van der Waals surface area contributed by atoms with E-state index in [1.165, 1.54) is 6.26 Å². The van der Waals surface area contributed by atoms with Crippen molar-refractivity contribution in [2.45, 2.75) is 6.54 Å². The van der Waals surface area contributed by atoms with Gasteiger partial charge in [-0.3, -0.25) is 9.36 Å². The van der Waals surface area contributed by atoms with Crippen LogP contribution >= 0.6 is 15.9 Å². The Hall–Kier alpha value is -2.73. The first-order chi connectivity index (χ1) is 11.7. The third-order valence-electron chi connectivity index (χ3n) is 3.75. The van der Waals surface area contributed by atoms with Crippen LogP contribution in [-0.4, -0.2) is 14.5 Å². The number of hydrogen-bond acceptors (Lipinski definition) is 4. The molecule has 0 aliphatic rings. The second-order valence-electron chi connectivity index (χ2n) is 5.38. The predicted molar refractivity (Wildman–Crippen MR) is 94.7 cm³/mol. The Bertz CT molecular complexity index is 1070. The summed E-state index contributed by atoms with van der Waals surface area (Å²) in [5.41, 5.74) is 2.47. The lowest BCUT2D eigenvalue weighted by atomic mass is 10.1. The van der Waals surface area contributed by atoms with Gasteiger partial charge in [0.1, 0.15) is 6.26 Å². The van der Waals surface area contributed by atoms with Gasteiger partial charge in [-0.1, -0.05) is 28.1 Å². The van der Waals surface area contributed by atoms with E-state index in [2.05, 4.69) is 25.9 Å². The maximum Gasteiger partial charge on any atom is 0.261 e. The Morgan fingerprint density at radius 3 is 2.88 bits per heavy atom.